The van der Waals surface area contributed by atoms with Crippen molar-refractivity contribution in [3.8, 4) is 0 Å². The van der Waals surface area contributed by atoms with Crippen LogP contribution in [-0.4, -0.2) is 71.5 Å². The van der Waals surface area contributed by atoms with E-state index in [1.807, 2.05) is 0 Å². The van der Waals surface area contributed by atoms with Crippen molar-refractivity contribution in [3.63, 3.8) is 0 Å². The number of hydrogen-bond acceptors (Lipinski definition) is 10. The Hall–Kier alpha value is -1.38. The van der Waals surface area contributed by atoms with Crippen molar-refractivity contribution >= 4 is 11.9 Å². The van der Waals surface area contributed by atoms with Crippen LogP contribution in [0.2, 0.25) is 0 Å². The molecular formula is C48H84N8O4. The molecule has 0 amide bonds. The van der Waals surface area contributed by atoms with Gasteiger partial charge in [0.25, 0.3) is 0 Å². The van der Waals surface area contributed by atoms with Crippen LogP contribution in [0.25, 0.3) is 0 Å². The molecule has 21 atom stereocenters. The van der Waals surface area contributed by atoms with Crippen LogP contribution in [0.3, 0.4) is 0 Å². The number of rotatable bonds is 4. The highest BCUT2D eigenvalue weighted by molar-refractivity contribution is 5.78. The molecule has 8 bridgehead atoms. The zero-order valence-corrected chi connectivity index (χ0v) is 38.5. The summed E-state index contributed by atoms with van der Waals surface area (Å²) >= 11 is 0. The summed E-state index contributed by atoms with van der Waals surface area (Å²) in [6.45, 7) is 21.9. The molecule has 0 aromatic heterocycles. The fraction of sp³-hybridized carbons (Fsp3) is 0.958. The van der Waals surface area contributed by atoms with Crippen LogP contribution in [-0.2, 0) is 9.59 Å². The minimum absolute atomic E-state index is 0.00874. The lowest BCUT2D eigenvalue weighted by Gasteiger charge is -2.43. The maximum atomic E-state index is 12.6. The van der Waals surface area contributed by atoms with Crippen LogP contribution in [0.15, 0.2) is 0 Å². The fourth-order valence-corrected chi connectivity index (χ4v) is 15.4. The van der Waals surface area contributed by atoms with Gasteiger partial charge in [0.15, 0.2) is 0 Å². The largest absolute Gasteiger partial charge is 0.481 e. The molecule has 4 saturated carbocycles. The Labute approximate surface area is 361 Å². The Balaban J connectivity index is 1.07. The van der Waals surface area contributed by atoms with E-state index < -0.39 is 17.9 Å². The van der Waals surface area contributed by atoms with Gasteiger partial charge >= 0.3 is 11.9 Å². The molecule has 60 heavy (non-hydrogen) atoms. The summed E-state index contributed by atoms with van der Waals surface area (Å²) in [6, 6.07) is 0. The predicted molar refractivity (Wildman–Crippen MR) is 234 cm³/mol. The molecule has 5 heterocycles. The molecule has 4 aliphatic carbocycles. The first kappa shape index (κ1) is 43.9. The average molecular weight is 837 g/mol. The van der Waals surface area contributed by atoms with E-state index in [0.29, 0.717) is 64.6 Å². The molecule has 9 aliphatic rings. The average Bonchev–Trinajstić information content (AvgIpc) is 3.90. The zero-order chi connectivity index (χ0) is 42.6. The van der Waals surface area contributed by atoms with Crippen molar-refractivity contribution in [2.24, 2.45) is 93.2 Å². The molecule has 5 aliphatic heterocycles. The molecule has 12 nitrogen and oxygen atoms in total. The van der Waals surface area contributed by atoms with Crippen molar-refractivity contribution in [1.82, 2.24) is 42.5 Å². The Morgan fingerprint density at radius 3 is 0.950 bits per heavy atom. The smallest absolute Gasteiger partial charge is 0.307 e. The molecular weight excluding hydrogens is 753 g/mol. The molecule has 0 radical (unpaired) electrons. The predicted octanol–water partition coefficient (Wildman–Crippen LogP) is 5.82. The highest BCUT2D eigenvalue weighted by atomic mass is 16.4. The van der Waals surface area contributed by atoms with E-state index >= 15 is 0 Å². The topological polar surface area (TPSA) is 171 Å². The number of carboxylic acid groups (broad SMARTS) is 2. The molecule has 12 heteroatoms. The molecule has 0 aromatic rings. The Morgan fingerprint density at radius 1 is 0.417 bits per heavy atom. The number of hydrogen-bond donors (Lipinski definition) is 10. The van der Waals surface area contributed by atoms with Crippen molar-refractivity contribution in [2.75, 3.05) is 0 Å². The normalized spacial score (nSPS) is 48.7. The van der Waals surface area contributed by atoms with Gasteiger partial charge in [0.1, 0.15) is 0 Å². The summed E-state index contributed by atoms with van der Waals surface area (Å²) < 4.78 is 0. The van der Waals surface area contributed by atoms with Gasteiger partial charge in [-0.05, 0) is 164 Å². The van der Waals surface area contributed by atoms with E-state index in [2.05, 4.69) is 105 Å². The minimum atomic E-state index is -1.02. The highest BCUT2D eigenvalue weighted by Gasteiger charge is 2.57. The summed E-state index contributed by atoms with van der Waals surface area (Å²) in [4.78, 5) is 24.5. The van der Waals surface area contributed by atoms with E-state index in [1.165, 1.54) is 57.8 Å². The van der Waals surface area contributed by atoms with Gasteiger partial charge in [-0.3, -0.25) is 52.1 Å². The number of nitrogens with one attached hydrogen (secondary N) is 8. The quantitative estimate of drug-likeness (QED) is 0.165. The third kappa shape index (κ3) is 8.37. The summed E-state index contributed by atoms with van der Waals surface area (Å²) in [5.41, 5.74) is 0.817. The summed E-state index contributed by atoms with van der Waals surface area (Å²) in [7, 11) is 0. The molecule has 10 N–H and O–H groups in total. The van der Waals surface area contributed by atoms with E-state index in [-0.39, 0.29) is 78.4 Å². The molecule has 340 valence electrons. The molecule has 0 spiro atoms. The molecule has 0 aromatic carbocycles. The minimum Gasteiger partial charge on any atom is -0.481 e. The molecule has 9 rings (SSSR count). The lowest BCUT2D eigenvalue weighted by atomic mass is 9.64. The van der Waals surface area contributed by atoms with Gasteiger partial charge in [0.05, 0.1) is 61.7 Å². The van der Waals surface area contributed by atoms with Gasteiger partial charge < -0.3 is 10.2 Å². The fourth-order valence-electron chi connectivity index (χ4n) is 15.4. The van der Waals surface area contributed by atoms with Gasteiger partial charge in [-0.1, -0.05) is 62.3 Å². The maximum Gasteiger partial charge on any atom is 0.307 e. The zero-order valence-electron chi connectivity index (χ0n) is 38.5. The number of carbonyl (C=O) groups is 2. The third-order valence-electron chi connectivity index (χ3n) is 19.1. The SMILES string of the molecule is CC(C)(C)C1CCC2C3NC(NC4NC(NC5NC(NC6NC(N3)C3CC(C(C)(C)C)CCC63)C3CC(C(C)(C)C)CCC53)C3CC(C(CC(=O)O)C(=O)O)CCC43)C2C1. The number of fused-ring (bicyclic) bond motifs is 20. The van der Waals surface area contributed by atoms with E-state index in [4.69, 9.17) is 0 Å². The molecule has 9 fully saturated rings. The number of carboxylic acids is 2. The summed E-state index contributed by atoms with van der Waals surface area (Å²) in [6.07, 6.45) is 14.4. The van der Waals surface area contributed by atoms with Crippen molar-refractivity contribution in [1.29, 1.82) is 0 Å². The van der Waals surface area contributed by atoms with Gasteiger partial charge in [-0.2, -0.15) is 0 Å². The first-order valence-electron chi connectivity index (χ1n) is 24.8. The van der Waals surface area contributed by atoms with Crippen LogP contribution in [0, 0.1) is 93.2 Å². The van der Waals surface area contributed by atoms with Crippen LogP contribution in [0.5, 0.6) is 0 Å². The van der Waals surface area contributed by atoms with Gasteiger partial charge in [-0.15, -0.1) is 0 Å². The van der Waals surface area contributed by atoms with Crippen LogP contribution < -0.4 is 42.5 Å². The van der Waals surface area contributed by atoms with Gasteiger partial charge in [0, 0.05) is 0 Å². The van der Waals surface area contributed by atoms with E-state index in [0.717, 1.165) is 19.3 Å². The summed E-state index contributed by atoms with van der Waals surface area (Å²) in [5, 5.41) is 54.2. The Kier molecular flexibility index (Phi) is 11.9. The second-order valence-electron chi connectivity index (χ2n) is 25.2. The van der Waals surface area contributed by atoms with Gasteiger partial charge in [-0.25, -0.2) is 0 Å². The summed E-state index contributed by atoms with van der Waals surface area (Å²) in [5.74, 6) is 2.73. The molecule has 21 unspecified atom stereocenters. The second kappa shape index (κ2) is 16.2. The molecule has 5 saturated heterocycles. The van der Waals surface area contributed by atoms with E-state index in [1.54, 1.807) is 0 Å². The lowest BCUT2D eigenvalue weighted by molar-refractivity contribution is -0.151. The first-order chi connectivity index (χ1) is 28.2. The van der Waals surface area contributed by atoms with E-state index in [9.17, 15) is 19.8 Å². The lowest BCUT2D eigenvalue weighted by Crippen LogP contribution is -2.61. The first-order valence-corrected chi connectivity index (χ1v) is 24.8. The maximum absolute atomic E-state index is 12.6. The van der Waals surface area contributed by atoms with Crippen molar-refractivity contribution in [2.45, 2.75) is 195 Å². The monoisotopic (exact) mass is 837 g/mol. The Morgan fingerprint density at radius 2 is 0.683 bits per heavy atom. The highest BCUT2D eigenvalue weighted by Crippen LogP contribution is 2.52. The van der Waals surface area contributed by atoms with Crippen molar-refractivity contribution < 1.29 is 19.8 Å². The third-order valence-corrected chi connectivity index (χ3v) is 19.1. The van der Waals surface area contributed by atoms with Crippen molar-refractivity contribution in [3.05, 3.63) is 0 Å². The van der Waals surface area contributed by atoms with Crippen LogP contribution >= 0.6 is 0 Å². The van der Waals surface area contributed by atoms with Gasteiger partial charge in [0.2, 0.25) is 0 Å². The second-order valence-corrected chi connectivity index (χ2v) is 25.2. The number of aliphatic carboxylic acids is 2. The van der Waals surface area contributed by atoms with Crippen LogP contribution in [0.1, 0.15) is 146 Å². The Bertz CT molecular complexity index is 1560. The standard InChI is InChI=1S/C48H84N8O4/c1-46(2,3)24-11-15-28-33(19-24)43-52-38(28)50-41-32-18-23(31(45(59)60)22-36(57)58)10-14-27(32)37(49-41)51-42-34-20-25(47(4,5)6)12-16-29(34)39(53-42)55-44-35-21-26(48(7,8)9)13-17-30(35)40(54-43)56-44/h23-35,37-44,49-56H,10-22H2,1-9H3,(H,57,58)(H,59,60). The van der Waals surface area contributed by atoms with Crippen LogP contribution in [0.4, 0.5) is 0 Å².